The lowest BCUT2D eigenvalue weighted by Crippen LogP contribution is -2.49. The van der Waals surface area contributed by atoms with Crippen molar-refractivity contribution in [1.82, 2.24) is 15.3 Å². The fraction of sp³-hybridized carbons (Fsp3) is 0.273. The number of benzene rings is 2. The minimum Gasteiger partial charge on any atom is -0.454 e. The number of hydrazine groups is 1. The maximum atomic E-state index is 13.0. The normalized spacial score (nSPS) is 21.7. The molecule has 2 unspecified atom stereocenters. The molecule has 30 heavy (non-hydrogen) atoms. The Morgan fingerprint density at radius 3 is 2.77 bits per heavy atom. The van der Waals surface area contributed by atoms with Gasteiger partial charge in [0.05, 0.1) is 6.04 Å². The Morgan fingerprint density at radius 1 is 1.13 bits per heavy atom. The highest BCUT2D eigenvalue weighted by atomic mass is 16.7. The molecule has 2 amide bonds. The summed E-state index contributed by atoms with van der Waals surface area (Å²) in [5, 5.41) is 4.64. The molecule has 8 heteroatoms. The number of nitrogens with zero attached hydrogens (tertiary/aromatic N) is 2. The molecule has 0 saturated carbocycles. The third-order valence-electron chi connectivity index (χ3n) is 5.52. The molecule has 8 nitrogen and oxygen atoms in total. The molecule has 0 aromatic heterocycles. The first-order valence-electron chi connectivity index (χ1n) is 9.86. The number of rotatable bonds is 4. The van der Waals surface area contributed by atoms with Crippen molar-refractivity contribution in [2.75, 3.05) is 18.7 Å². The number of nitrogens with one attached hydrogen (secondary N) is 2. The van der Waals surface area contributed by atoms with E-state index < -0.39 is 0 Å². The second kappa shape index (κ2) is 7.38. The van der Waals surface area contributed by atoms with Crippen LogP contribution >= 0.6 is 0 Å². The highest BCUT2D eigenvalue weighted by molar-refractivity contribution is 5.96. The van der Waals surface area contributed by atoms with Gasteiger partial charge in [0, 0.05) is 18.1 Å². The van der Waals surface area contributed by atoms with Gasteiger partial charge in [0.2, 0.25) is 12.7 Å². The minimum absolute atomic E-state index is 0.0256. The molecule has 2 atom stereocenters. The van der Waals surface area contributed by atoms with Gasteiger partial charge in [-0.2, -0.15) is 0 Å². The first-order chi connectivity index (χ1) is 14.6. The summed E-state index contributed by atoms with van der Waals surface area (Å²) in [6.45, 7) is 2.19. The van der Waals surface area contributed by atoms with Gasteiger partial charge in [-0.25, -0.2) is 5.43 Å². The molecule has 0 radical (unpaired) electrons. The zero-order valence-corrected chi connectivity index (χ0v) is 16.5. The van der Waals surface area contributed by atoms with Crippen molar-refractivity contribution in [2.24, 2.45) is 0 Å². The Kier molecular flexibility index (Phi) is 4.55. The number of hydrogen-bond donors (Lipinski definition) is 2. The van der Waals surface area contributed by atoms with Crippen LogP contribution in [-0.2, 0) is 9.59 Å². The third-order valence-corrected chi connectivity index (χ3v) is 5.52. The molecule has 154 valence electrons. The summed E-state index contributed by atoms with van der Waals surface area (Å²) in [5.41, 5.74) is 6.21. The number of carbonyl (C=O) groups excluding carboxylic acids is 2. The van der Waals surface area contributed by atoms with E-state index in [1.807, 2.05) is 54.4 Å². The van der Waals surface area contributed by atoms with Gasteiger partial charge in [-0.15, -0.1) is 0 Å². The van der Waals surface area contributed by atoms with Crippen LogP contribution in [0.1, 0.15) is 23.6 Å². The van der Waals surface area contributed by atoms with Crippen LogP contribution in [0.3, 0.4) is 0 Å². The molecule has 3 aliphatic heterocycles. The molecular formula is C22H22N4O4. The van der Waals surface area contributed by atoms with Crippen LogP contribution in [0.15, 0.2) is 54.9 Å². The Balaban J connectivity index is 1.23. The zero-order chi connectivity index (χ0) is 20.7. The SMILES string of the molecule is Cc1ccc(NC(=O)CN2C=CN3NC(c4ccc5c(c4)OCO5)CC3C2=O)cc1. The van der Waals surface area contributed by atoms with E-state index in [9.17, 15) is 9.59 Å². The number of aryl methyl sites for hydroxylation is 1. The average molecular weight is 406 g/mol. The van der Waals surface area contributed by atoms with Gasteiger partial charge in [-0.05, 0) is 43.2 Å². The molecule has 5 rings (SSSR count). The monoisotopic (exact) mass is 406 g/mol. The van der Waals surface area contributed by atoms with E-state index in [4.69, 9.17) is 9.47 Å². The van der Waals surface area contributed by atoms with E-state index in [1.54, 1.807) is 12.4 Å². The molecule has 2 N–H and O–H groups in total. The van der Waals surface area contributed by atoms with Crippen molar-refractivity contribution < 1.29 is 19.1 Å². The first-order valence-corrected chi connectivity index (χ1v) is 9.86. The van der Waals surface area contributed by atoms with Gasteiger partial charge in [-0.3, -0.25) is 9.59 Å². The van der Waals surface area contributed by atoms with E-state index >= 15 is 0 Å². The maximum Gasteiger partial charge on any atom is 0.251 e. The predicted octanol–water partition coefficient (Wildman–Crippen LogP) is 2.30. The standard InChI is InChI=1S/C22H22N4O4/c1-14-2-5-16(6-3-14)23-21(27)12-25-8-9-26-18(22(25)28)11-17(24-26)15-4-7-19-20(10-15)30-13-29-19/h2-10,17-18,24H,11-13H2,1H3,(H,23,27). The van der Waals surface area contributed by atoms with Crippen LogP contribution < -0.4 is 20.2 Å². The maximum absolute atomic E-state index is 13.0. The highest BCUT2D eigenvalue weighted by Gasteiger charge is 2.40. The predicted molar refractivity (Wildman–Crippen MR) is 109 cm³/mol. The van der Waals surface area contributed by atoms with Crippen LogP contribution in [0.2, 0.25) is 0 Å². The molecule has 0 aliphatic carbocycles. The van der Waals surface area contributed by atoms with E-state index in [1.165, 1.54) is 4.90 Å². The molecule has 1 saturated heterocycles. The van der Waals surface area contributed by atoms with Gasteiger partial charge in [0.25, 0.3) is 5.91 Å². The van der Waals surface area contributed by atoms with Crippen molar-refractivity contribution >= 4 is 17.5 Å². The van der Waals surface area contributed by atoms with Crippen LogP contribution in [-0.4, -0.2) is 41.1 Å². The number of fused-ring (bicyclic) bond motifs is 2. The number of ether oxygens (including phenoxy) is 2. The minimum atomic E-state index is -0.363. The number of anilines is 1. The average Bonchev–Trinajstić information content (AvgIpc) is 3.38. The van der Waals surface area contributed by atoms with E-state index in [-0.39, 0.29) is 37.2 Å². The summed E-state index contributed by atoms with van der Waals surface area (Å²) in [5.74, 6) is 1.11. The Bertz CT molecular complexity index is 1020. The van der Waals surface area contributed by atoms with Crippen molar-refractivity contribution in [2.45, 2.75) is 25.4 Å². The molecule has 3 aliphatic rings. The lowest BCUT2D eigenvalue weighted by molar-refractivity contribution is -0.137. The molecule has 2 aromatic carbocycles. The first kappa shape index (κ1) is 18.5. The quantitative estimate of drug-likeness (QED) is 0.811. The fourth-order valence-electron chi connectivity index (χ4n) is 3.91. The summed E-state index contributed by atoms with van der Waals surface area (Å²) < 4.78 is 10.8. The summed E-state index contributed by atoms with van der Waals surface area (Å²) in [6, 6.07) is 13.0. The van der Waals surface area contributed by atoms with E-state index in [0.29, 0.717) is 12.1 Å². The molecule has 0 spiro atoms. The smallest absolute Gasteiger partial charge is 0.251 e. The van der Waals surface area contributed by atoms with Gasteiger partial charge >= 0.3 is 0 Å². The number of amides is 2. The van der Waals surface area contributed by atoms with Crippen LogP contribution in [0.4, 0.5) is 5.69 Å². The molecule has 1 fully saturated rings. The lowest BCUT2D eigenvalue weighted by atomic mass is 10.0. The Morgan fingerprint density at radius 2 is 1.93 bits per heavy atom. The summed E-state index contributed by atoms with van der Waals surface area (Å²) in [6.07, 6.45) is 4.04. The summed E-state index contributed by atoms with van der Waals surface area (Å²) >= 11 is 0. The van der Waals surface area contributed by atoms with Crippen LogP contribution in [0.5, 0.6) is 11.5 Å². The number of hydrogen-bond acceptors (Lipinski definition) is 6. The van der Waals surface area contributed by atoms with Crippen LogP contribution in [0.25, 0.3) is 0 Å². The van der Waals surface area contributed by atoms with Crippen LogP contribution in [0, 0.1) is 6.92 Å². The Hall–Kier alpha value is -3.52. The Labute approximate surface area is 174 Å². The van der Waals surface area contributed by atoms with Gasteiger partial charge < -0.3 is 24.7 Å². The summed E-state index contributed by atoms with van der Waals surface area (Å²) in [7, 11) is 0. The van der Waals surface area contributed by atoms with Crippen molar-refractivity contribution in [3.8, 4) is 11.5 Å². The largest absolute Gasteiger partial charge is 0.454 e. The van der Waals surface area contributed by atoms with Crippen molar-refractivity contribution in [3.63, 3.8) is 0 Å². The third kappa shape index (κ3) is 3.46. The van der Waals surface area contributed by atoms with Gasteiger partial charge in [0.15, 0.2) is 11.5 Å². The van der Waals surface area contributed by atoms with Gasteiger partial charge in [-0.1, -0.05) is 23.8 Å². The molecule has 3 heterocycles. The topological polar surface area (TPSA) is 83.1 Å². The second-order valence-corrected chi connectivity index (χ2v) is 7.63. The zero-order valence-electron chi connectivity index (χ0n) is 16.5. The molecular weight excluding hydrogens is 384 g/mol. The van der Waals surface area contributed by atoms with E-state index in [2.05, 4.69) is 10.7 Å². The molecule has 2 aromatic rings. The highest BCUT2D eigenvalue weighted by Crippen LogP contribution is 2.37. The summed E-state index contributed by atoms with van der Waals surface area (Å²) in [4.78, 5) is 26.8. The lowest BCUT2D eigenvalue weighted by Gasteiger charge is -2.31. The van der Waals surface area contributed by atoms with Crippen molar-refractivity contribution in [3.05, 3.63) is 66.0 Å². The number of carbonyl (C=O) groups is 2. The van der Waals surface area contributed by atoms with E-state index in [0.717, 1.165) is 22.6 Å². The fourth-order valence-corrected chi connectivity index (χ4v) is 3.91. The molecule has 0 bridgehead atoms. The van der Waals surface area contributed by atoms with Crippen molar-refractivity contribution in [1.29, 1.82) is 0 Å². The second-order valence-electron chi connectivity index (χ2n) is 7.63. The van der Waals surface area contributed by atoms with Gasteiger partial charge in [0.1, 0.15) is 12.6 Å².